The molecule has 1 aliphatic heterocycles. The van der Waals surface area contributed by atoms with Crippen molar-refractivity contribution in [3.63, 3.8) is 0 Å². The minimum atomic E-state index is -0.212. The molecular formula is C17H21N3O3S. The quantitative estimate of drug-likeness (QED) is 0.896. The van der Waals surface area contributed by atoms with Gasteiger partial charge in [-0.15, -0.1) is 11.3 Å². The molecule has 6 nitrogen and oxygen atoms in total. The summed E-state index contributed by atoms with van der Waals surface area (Å²) in [4.78, 5) is 29.6. The van der Waals surface area contributed by atoms with Crippen LogP contribution in [0.1, 0.15) is 29.5 Å². The van der Waals surface area contributed by atoms with Crippen LogP contribution in [0.4, 0.5) is 0 Å². The average molecular weight is 347 g/mol. The van der Waals surface area contributed by atoms with Gasteiger partial charge in [-0.1, -0.05) is 6.07 Å². The fourth-order valence-corrected chi connectivity index (χ4v) is 3.82. The third-order valence-electron chi connectivity index (χ3n) is 4.23. The van der Waals surface area contributed by atoms with Gasteiger partial charge in [0, 0.05) is 29.9 Å². The van der Waals surface area contributed by atoms with Gasteiger partial charge in [-0.3, -0.25) is 14.2 Å². The van der Waals surface area contributed by atoms with Crippen molar-refractivity contribution in [1.29, 1.82) is 0 Å². The van der Waals surface area contributed by atoms with Crippen LogP contribution in [-0.4, -0.2) is 28.7 Å². The highest BCUT2D eigenvalue weighted by Gasteiger charge is 2.27. The first kappa shape index (κ1) is 16.9. The molecule has 1 fully saturated rings. The van der Waals surface area contributed by atoms with Crippen LogP contribution in [0.25, 0.3) is 0 Å². The van der Waals surface area contributed by atoms with E-state index in [0.29, 0.717) is 11.6 Å². The highest BCUT2D eigenvalue weighted by molar-refractivity contribution is 7.10. The van der Waals surface area contributed by atoms with Crippen LogP contribution in [0.15, 0.2) is 34.7 Å². The Morgan fingerprint density at radius 1 is 1.50 bits per heavy atom. The Morgan fingerprint density at radius 2 is 2.29 bits per heavy atom. The molecule has 0 bridgehead atoms. The number of aryl methyl sites for hydroxylation is 1. The van der Waals surface area contributed by atoms with E-state index in [2.05, 4.69) is 10.3 Å². The topological polar surface area (TPSA) is 73.2 Å². The van der Waals surface area contributed by atoms with Gasteiger partial charge >= 0.3 is 0 Å². The molecule has 24 heavy (non-hydrogen) atoms. The lowest BCUT2D eigenvalue weighted by Crippen LogP contribution is -2.38. The minimum Gasteiger partial charge on any atom is -0.381 e. The van der Waals surface area contributed by atoms with E-state index in [4.69, 9.17) is 4.74 Å². The standard InChI is InChI=1S/C17H21N3O3S/c1-12-9-16(22)20(11-18-12)10-15(21)19-17(14-3-2-8-24-14)13-4-6-23-7-5-13/h2-3,8-9,11,13,17H,4-7,10H2,1H3,(H,19,21). The zero-order chi connectivity index (χ0) is 16.9. The van der Waals surface area contributed by atoms with E-state index in [1.165, 1.54) is 17.0 Å². The molecule has 1 saturated heterocycles. The van der Waals surface area contributed by atoms with Crippen molar-refractivity contribution in [2.75, 3.05) is 13.2 Å². The maximum absolute atomic E-state index is 12.5. The van der Waals surface area contributed by atoms with Crippen molar-refractivity contribution in [3.05, 3.63) is 50.8 Å². The molecule has 2 aromatic rings. The Labute approximate surface area is 144 Å². The Morgan fingerprint density at radius 3 is 2.96 bits per heavy atom. The third kappa shape index (κ3) is 4.10. The van der Waals surface area contributed by atoms with E-state index in [1.807, 2.05) is 17.5 Å². The fourth-order valence-electron chi connectivity index (χ4n) is 2.95. The zero-order valence-corrected chi connectivity index (χ0v) is 14.4. The second-order valence-corrected chi connectivity index (χ2v) is 6.99. The highest BCUT2D eigenvalue weighted by Crippen LogP contribution is 2.32. The molecule has 0 radical (unpaired) electrons. The first-order chi connectivity index (χ1) is 11.6. The van der Waals surface area contributed by atoms with Gasteiger partial charge in [-0.2, -0.15) is 0 Å². The lowest BCUT2D eigenvalue weighted by molar-refractivity contribution is -0.123. The smallest absolute Gasteiger partial charge is 0.253 e. The van der Waals surface area contributed by atoms with Gasteiger partial charge in [-0.05, 0) is 37.1 Å². The summed E-state index contributed by atoms with van der Waals surface area (Å²) in [5, 5.41) is 5.12. The second kappa shape index (κ2) is 7.72. The number of ether oxygens (including phenoxy) is 1. The number of thiophene rings is 1. The third-order valence-corrected chi connectivity index (χ3v) is 5.19. The Hall–Kier alpha value is -1.99. The zero-order valence-electron chi connectivity index (χ0n) is 13.6. The summed E-state index contributed by atoms with van der Waals surface area (Å²) >= 11 is 1.64. The Kier molecular flexibility index (Phi) is 5.42. The van der Waals surface area contributed by atoms with E-state index in [-0.39, 0.29) is 24.1 Å². The molecule has 3 heterocycles. The Balaban J connectivity index is 1.72. The number of hydrogen-bond donors (Lipinski definition) is 1. The second-order valence-electron chi connectivity index (χ2n) is 6.01. The minimum absolute atomic E-state index is 0.0167. The summed E-state index contributed by atoms with van der Waals surface area (Å²) in [5.41, 5.74) is 0.437. The van der Waals surface area contributed by atoms with Crippen LogP contribution in [0.2, 0.25) is 0 Å². The molecule has 3 rings (SSSR count). The molecule has 1 unspecified atom stereocenters. The summed E-state index contributed by atoms with van der Waals surface area (Å²) in [5.74, 6) is 0.182. The number of carbonyl (C=O) groups is 1. The van der Waals surface area contributed by atoms with Crippen LogP contribution in [0.3, 0.4) is 0 Å². The highest BCUT2D eigenvalue weighted by atomic mass is 32.1. The molecule has 1 N–H and O–H groups in total. The monoisotopic (exact) mass is 347 g/mol. The molecule has 128 valence electrons. The van der Waals surface area contributed by atoms with E-state index < -0.39 is 0 Å². The van der Waals surface area contributed by atoms with E-state index in [0.717, 1.165) is 30.9 Å². The summed E-state index contributed by atoms with van der Waals surface area (Å²) in [6.07, 6.45) is 3.27. The molecule has 0 saturated carbocycles. The van der Waals surface area contributed by atoms with Crippen molar-refractivity contribution in [2.24, 2.45) is 5.92 Å². The van der Waals surface area contributed by atoms with Crippen molar-refractivity contribution >= 4 is 17.2 Å². The normalized spacial score (nSPS) is 16.7. The lowest BCUT2D eigenvalue weighted by Gasteiger charge is -2.30. The molecule has 0 spiro atoms. The van der Waals surface area contributed by atoms with Crippen LogP contribution < -0.4 is 10.9 Å². The number of rotatable bonds is 5. The molecule has 1 atom stereocenters. The number of nitrogens with one attached hydrogen (secondary N) is 1. The summed E-state index contributed by atoms with van der Waals surface area (Å²) < 4.78 is 6.76. The van der Waals surface area contributed by atoms with Crippen molar-refractivity contribution in [1.82, 2.24) is 14.9 Å². The van der Waals surface area contributed by atoms with Crippen molar-refractivity contribution in [3.8, 4) is 0 Å². The predicted molar refractivity (Wildman–Crippen MR) is 92.0 cm³/mol. The van der Waals surface area contributed by atoms with Crippen molar-refractivity contribution < 1.29 is 9.53 Å². The van der Waals surface area contributed by atoms with E-state index in [1.54, 1.807) is 18.3 Å². The number of hydrogen-bond acceptors (Lipinski definition) is 5. The molecule has 1 amide bonds. The Bertz CT molecular complexity index is 736. The number of amides is 1. The number of carbonyl (C=O) groups excluding carboxylic acids is 1. The van der Waals surface area contributed by atoms with Crippen LogP contribution in [0.5, 0.6) is 0 Å². The van der Waals surface area contributed by atoms with Gasteiger partial charge in [0.15, 0.2) is 0 Å². The largest absolute Gasteiger partial charge is 0.381 e. The molecule has 0 aromatic carbocycles. The van der Waals surface area contributed by atoms with Gasteiger partial charge in [-0.25, -0.2) is 4.98 Å². The number of aromatic nitrogens is 2. The molecule has 0 aliphatic carbocycles. The molecule has 2 aromatic heterocycles. The first-order valence-corrected chi connectivity index (χ1v) is 8.95. The van der Waals surface area contributed by atoms with Crippen LogP contribution in [0, 0.1) is 12.8 Å². The van der Waals surface area contributed by atoms with Gasteiger partial charge in [0.1, 0.15) is 6.54 Å². The van der Waals surface area contributed by atoms with Crippen molar-refractivity contribution in [2.45, 2.75) is 32.4 Å². The molecular weight excluding hydrogens is 326 g/mol. The van der Waals surface area contributed by atoms with Crippen LogP contribution >= 0.6 is 11.3 Å². The predicted octanol–water partition coefficient (Wildman–Crippen LogP) is 1.90. The lowest BCUT2D eigenvalue weighted by atomic mass is 9.90. The van der Waals surface area contributed by atoms with Crippen LogP contribution in [-0.2, 0) is 16.1 Å². The molecule has 1 aliphatic rings. The summed E-state index contributed by atoms with van der Waals surface area (Å²) in [6.45, 7) is 3.19. The maximum Gasteiger partial charge on any atom is 0.253 e. The van der Waals surface area contributed by atoms with E-state index in [9.17, 15) is 9.59 Å². The van der Waals surface area contributed by atoms with Gasteiger partial charge in [0.05, 0.1) is 12.4 Å². The SMILES string of the molecule is Cc1cc(=O)n(CC(=O)NC(c2cccs2)C2CCOCC2)cn1. The molecule has 7 heteroatoms. The van der Waals surface area contributed by atoms with Gasteiger partial charge in [0.2, 0.25) is 5.91 Å². The number of nitrogens with zero attached hydrogens (tertiary/aromatic N) is 2. The van der Waals surface area contributed by atoms with E-state index >= 15 is 0 Å². The van der Waals surface area contributed by atoms with Gasteiger partial charge < -0.3 is 10.1 Å². The average Bonchev–Trinajstić information content (AvgIpc) is 3.10. The first-order valence-electron chi connectivity index (χ1n) is 8.07. The summed E-state index contributed by atoms with van der Waals surface area (Å²) in [6, 6.07) is 5.44. The van der Waals surface area contributed by atoms with Gasteiger partial charge in [0.25, 0.3) is 5.56 Å². The summed E-state index contributed by atoms with van der Waals surface area (Å²) in [7, 11) is 0. The fraction of sp³-hybridized carbons (Fsp3) is 0.471. The maximum atomic E-state index is 12.5.